The van der Waals surface area contributed by atoms with Crippen LogP contribution in [0.2, 0.25) is 0 Å². The van der Waals surface area contributed by atoms with Gasteiger partial charge < -0.3 is 9.80 Å². The van der Waals surface area contributed by atoms with Gasteiger partial charge >= 0.3 is 0 Å². The van der Waals surface area contributed by atoms with Crippen molar-refractivity contribution in [2.45, 2.75) is 38.1 Å². The first kappa shape index (κ1) is 21.2. The van der Waals surface area contributed by atoms with Crippen LogP contribution in [0.5, 0.6) is 0 Å². The molecule has 3 rings (SSSR count). The number of quaternary nitrogens is 1. The number of benzene rings is 1. The lowest BCUT2D eigenvalue weighted by atomic mass is 9.91. The molecule has 1 aromatic rings. The molecule has 0 aromatic heterocycles. The Morgan fingerprint density at radius 2 is 1.79 bits per heavy atom. The summed E-state index contributed by atoms with van der Waals surface area (Å²) in [6.07, 6.45) is 1.15. The number of hydrogen-bond donors (Lipinski definition) is 1. The fourth-order valence-electron chi connectivity index (χ4n) is 4.51. The van der Waals surface area contributed by atoms with Gasteiger partial charge in [0.15, 0.2) is 6.04 Å². The van der Waals surface area contributed by atoms with Crippen molar-refractivity contribution in [3.05, 3.63) is 30.1 Å². The van der Waals surface area contributed by atoms with Gasteiger partial charge in [0.1, 0.15) is 5.82 Å². The number of nitrogens with one attached hydrogen (secondary N) is 1. The second kappa shape index (κ2) is 8.47. The average molecular weight is 413 g/mol. The highest BCUT2D eigenvalue weighted by molar-refractivity contribution is 7.89. The normalized spacial score (nSPS) is 26.2. The number of likely N-dealkylation sites (tertiary alicyclic amines) is 1. The predicted molar refractivity (Wildman–Crippen MR) is 105 cm³/mol. The summed E-state index contributed by atoms with van der Waals surface area (Å²) in [6, 6.07) is 4.93. The van der Waals surface area contributed by atoms with Crippen molar-refractivity contribution in [3.63, 3.8) is 0 Å². The van der Waals surface area contributed by atoms with E-state index in [2.05, 4.69) is 13.8 Å². The van der Waals surface area contributed by atoms with Crippen molar-refractivity contribution in [3.8, 4) is 0 Å². The molecule has 6 nitrogen and oxygen atoms in total. The molecule has 2 aliphatic rings. The molecule has 0 saturated carbocycles. The standard InChI is InChI=1S/C20H30FN3O3S/c1-15-11-16(2)14-23(13-15)20(25)17(3)22-7-9-24(10-8-22)28(26,27)19-6-4-5-18(21)12-19/h4-6,12,15-17H,7-11,13-14H2,1-3H3/p+1/t15-,16+,17-/m1/s1. The van der Waals surface area contributed by atoms with Crippen LogP contribution in [0, 0.1) is 17.7 Å². The molecule has 1 amide bonds. The van der Waals surface area contributed by atoms with Gasteiger partial charge in [-0.15, -0.1) is 0 Å². The van der Waals surface area contributed by atoms with Crippen molar-refractivity contribution < 1.29 is 22.5 Å². The number of rotatable bonds is 4. The van der Waals surface area contributed by atoms with E-state index < -0.39 is 15.8 Å². The molecule has 0 spiro atoms. The van der Waals surface area contributed by atoms with Gasteiger partial charge in [-0.3, -0.25) is 4.79 Å². The number of halogens is 1. The smallest absolute Gasteiger partial charge is 0.280 e. The van der Waals surface area contributed by atoms with Gasteiger partial charge in [0.05, 0.1) is 31.1 Å². The number of sulfonamides is 1. The van der Waals surface area contributed by atoms with Crippen molar-refractivity contribution in [2.24, 2.45) is 11.8 Å². The summed E-state index contributed by atoms with van der Waals surface area (Å²) in [5, 5.41) is 0. The first-order chi connectivity index (χ1) is 13.2. The molecule has 156 valence electrons. The fraction of sp³-hybridized carbons (Fsp3) is 0.650. The van der Waals surface area contributed by atoms with Gasteiger partial charge in [-0.1, -0.05) is 19.9 Å². The summed E-state index contributed by atoms with van der Waals surface area (Å²) >= 11 is 0. The minimum Gasteiger partial charge on any atom is -0.337 e. The summed E-state index contributed by atoms with van der Waals surface area (Å²) < 4.78 is 40.3. The monoisotopic (exact) mass is 412 g/mol. The molecule has 2 saturated heterocycles. The number of carbonyl (C=O) groups is 1. The van der Waals surface area contributed by atoms with Crippen LogP contribution in [0.1, 0.15) is 27.2 Å². The van der Waals surface area contributed by atoms with Crippen LogP contribution in [0.3, 0.4) is 0 Å². The molecule has 0 aliphatic carbocycles. The first-order valence-electron chi connectivity index (χ1n) is 10.1. The van der Waals surface area contributed by atoms with Gasteiger partial charge in [0.2, 0.25) is 10.0 Å². The van der Waals surface area contributed by atoms with Crippen LogP contribution in [0.15, 0.2) is 29.2 Å². The zero-order valence-electron chi connectivity index (χ0n) is 16.9. The summed E-state index contributed by atoms with van der Waals surface area (Å²) in [4.78, 5) is 16.0. The van der Waals surface area contributed by atoms with E-state index >= 15 is 0 Å². The van der Waals surface area contributed by atoms with Gasteiger partial charge in [-0.05, 0) is 43.4 Å². The minimum absolute atomic E-state index is 0.0173. The van der Waals surface area contributed by atoms with E-state index in [0.717, 1.165) is 30.5 Å². The fourth-order valence-corrected chi connectivity index (χ4v) is 5.99. The van der Waals surface area contributed by atoms with Crippen molar-refractivity contribution >= 4 is 15.9 Å². The first-order valence-corrected chi connectivity index (χ1v) is 11.5. The third-order valence-electron chi connectivity index (χ3n) is 5.96. The molecular weight excluding hydrogens is 381 g/mol. The van der Waals surface area contributed by atoms with Crippen molar-refractivity contribution in [1.82, 2.24) is 9.21 Å². The molecule has 8 heteroatoms. The molecule has 2 aliphatic heterocycles. The highest BCUT2D eigenvalue weighted by atomic mass is 32.2. The second-order valence-electron chi connectivity index (χ2n) is 8.43. The Hall–Kier alpha value is -1.51. The zero-order chi connectivity index (χ0) is 20.5. The maximum Gasteiger partial charge on any atom is 0.280 e. The summed E-state index contributed by atoms with van der Waals surface area (Å²) in [5.41, 5.74) is 0. The topological polar surface area (TPSA) is 62.1 Å². The number of carbonyl (C=O) groups excluding carboxylic acids is 1. The van der Waals surface area contributed by atoms with E-state index in [-0.39, 0.29) is 16.8 Å². The maximum absolute atomic E-state index is 13.4. The number of piperazine rings is 1. The van der Waals surface area contributed by atoms with E-state index in [1.807, 2.05) is 11.8 Å². The molecule has 0 unspecified atom stereocenters. The van der Waals surface area contributed by atoms with Gasteiger partial charge in [0.25, 0.3) is 5.91 Å². The quantitative estimate of drug-likeness (QED) is 0.788. The SMILES string of the molecule is C[C@@H]1C[C@H](C)CN(C(=O)[C@@H](C)[NH+]2CCN(S(=O)(=O)c3cccc(F)c3)CC2)C1. The molecule has 0 radical (unpaired) electrons. The van der Waals surface area contributed by atoms with Crippen LogP contribution in [0.25, 0.3) is 0 Å². The molecule has 1 aromatic carbocycles. The maximum atomic E-state index is 13.4. The largest absolute Gasteiger partial charge is 0.337 e. The highest BCUT2D eigenvalue weighted by Gasteiger charge is 2.37. The predicted octanol–water partition coefficient (Wildman–Crippen LogP) is 0.608. The Kier molecular flexibility index (Phi) is 6.41. The van der Waals surface area contributed by atoms with Crippen LogP contribution in [-0.2, 0) is 14.8 Å². The Balaban J connectivity index is 1.61. The molecule has 2 fully saturated rings. The minimum atomic E-state index is -3.70. The zero-order valence-corrected chi connectivity index (χ0v) is 17.7. The molecular formula is C20H31FN3O3S+. The lowest BCUT2D eigenvalue weighted by molar-refractivity contribution is -0.918. The van der Waals surface area contributed by atoms with E-state index in [1.165, 1.54) is 22.5 Å². The molecule has 28 heavy (non-hydrogen) atoms. The average Bonchev–Trinajstić information content (AvgIpc) is 2.66. The third kappa shape index (κ3) is 4.55. The third-order valence-corrected chi connectivity index (χ3v) is 7.86. The number of piperidine rings is 1. The van der Waals surface area contributed by atoms with Gasteiger partial charge in [-0.2, -0.15) is 4.31 Å². The van der Waals surface area contributed by atoms with E-state index in [9.17, 15) is 17.6 Å². The molecule has 2 heterocycles. The van der Waals surface area contributed by atoms with Crippen molar-refractivity contribution in [1.29, 1.82) is 0 Å². The Morgan fingerprint density at radius 3 is 2.36 bits per heavy atom. The summed E-state index contributed by atoms with van der Waals surface area (Å²) in [5.74, 6) is 0.635. The summed E-state index contributed by atoms with van der Waals surface area (Å²) in [7, 11) is -3.70. The Bertz CT molecular complexity index is 799. The van der Waals surface area contributed by atoms with Crippen molar-refractivity contribution in [2.75, 3.05) is 39.3 Å². The number of hydrogen-bond acceptors (Lipinski definition) is 3. The highest BCUT2D eigenvalue weighted by Crippen LogP contribution is 2.21. The van der Waals surface area contributed by atoms with E-state index in [4.69, 9.17) is 0 Å². The molecule has 3 atom stereocenters. The van der Waals surface area contributed by atoms with Crippen LogP contribution >= 0.6 is 0 Å². The van der Waals surface area contributed by atoms with Gasteiger partial charge in [-0.25, -0.2) is 12.8 Å². The second-order valence-corrected chi connectivity index (χ2v) is 10.4. The van der Waals surface area contributed by atoms with Crippen LogP contribution in [0.4, 0.5) is 4.39 Å². The van der Waals surface area contributed by atoms with E-state index in [0.29, 0.717) is 38.0 Å². The summed E-state index contributed by atoms with van der Waals surface area (Å²) in [6.45, 7) is 9.73. The number of nitrogens with zero attached hydrogens (tertiary/aromatic N) is 2. The lowest BCUT2D eigenvalue weighted by Crippen LogP contribution is -3.19. The number of amides is 1. The van der Waals surface area contributed by atoms with Crippen LogP contribution < -0.4 is 4.90 Å². The molecule has 0 bridgehead atoms. The van der Waals surface area contributed by atoms with E-state index in [1.54, 1.807) is 0 Å². The van der Waals surface area contributed by atoms with Gasteiger partial charge in [0, 0.05) is 13.1 Å². The molecule has 1 N–H and O–H groups in total. The van der Waals surface area contributed by atoms with Crippen LogP contribution in [-0.4, -0.2) is 68.8 Å². The Labute approximate surface area is 167 Å². The Morgan fingerprint density at radius 1 is 1.18 bits per heavy atom. The lowest BCUT2D eigenvalue weighted by Gasteiger charge is -2.39.